The van der Waals surface area contributed by atoms with E-state index in [4.69, 9.17) is 27.5 Å². The lowest BCUT2D eigenvalue weighted by Crippen LogP contribution is -2.27. The number of alkyl halides is 1. The third-order valence-corrected chi connectivity index (χ3v) is 4.31. The molecule has 0 aliphatic rings. The summed E-state index contributed by atoms with van der Waals surface area (Å²) < 4.78 is 10.9. The van der Waals surface area contributed by atoms with Crippen LogP contribution in [0.15, 0.2) is 24.3 Å². The number of rotatable bonds is 16. The van der Waals surface area contributed by atoms with Crippen LogP contribution in [0.2, 0.25) is 0 Å². The Hall–Kier alpha value is -1.87. The van der Waals surface area contributed by atoms with Crippen molar-refractivity contribution in [1.82, 2.24) is 5.32 Å². The number of nitrogens with one attached hydrogen (secondary N) is 1. The van der Waals surface area contributed by atoms with Crippen molar-refractivity contribution in [3.05, 3.63) is 35.4 Å². The Morgan fingerprint density at radius 3 is 2.25 bits per heavy atom. The molecule has 0 heterocycles. The van der Waals surface area contributed by atoms with Crippen LogP contribution < -0.4 is 5.32 Å². The molecule has 0 saturated carbocycles. The summed E-state index contributed by atoms with van der Waals surface area (Å²) in [5, 5.41) is 2.79. The molecule has 1 aromatic carbocycles. The van der Waals surface area contributed by atoms with Gasteiger partial charge in [0.05, 0.1) is 19.8 Å². The van der Waals surface area contributed by atoms with Gasteiger partial charge in [0.25, 0.3) is 5.91 Å². The summed E-state index contributed by atoms with van der Waals surface area (Å²) >= 11 is 5.62. The highest BCUT2D eigenvalue weighted by atomic mass is 35.5. The Morgan fingerprint density at radius 1 is 0.929 bits per heavy atom. The van der Waals surface area contributed by atoms with E-state index in [1.807, 2.05) is 0 Å². The van der Waals surface area contributed by atoms with Gasteiger partial charge in [-0.05, 0) is 25.0 Å². The molecule has 0 bridgehead atoms. The monoisotopic (exact) mass is 407 g/mol. The normalized spacial score (nSPS) is 10.4. The van der Waals surface area contributed by atoms with E-state index in [0.29, 0.717) is 50.3 Å². The average Bonchev–Trinajstić information content (AvgIpc) is 2.72. The first-order chi connectivity index (χ1) is 13.7. The molecule has 0 aromatic heterocycles. The smallest absolute Gasteiger partial charge is 0.251 e. The molecule has 5 nitrogen and oxygen atoms in total. The predicted octanol–water partition coefficient (Wildman–Crippen LogP) is 3.84. The van der Waals surface area contributed by atoms with Gasteiger partial charge < -0.3 is 14.8 Å². The number of Topliss-reactive ketones (excluding diaryl/α,β-unsaturated/α-hetero) is 1. The van der Waals surface area contributed by atoms with Gasteiger partial charge in [-0.15, -0.1) is 23.9 Å². The Morgan fingerprint density at radius 2 is 1.57 bits per heavy atom. The standard InChI is InChI=1S/C22H30ClNO4/c1-2-3-8-21(25)19-9-11-20(12-10-19)22(26)24-14-16-28-18-17-27-15-7-5-4-6-13-23/h1,9-12H,3-8,13-18H2,(H,24,26). The summed E-state index contributed by atoms with van der Waals surface area (Å²) in [6.07, 6.45) is 10.3. The number of hydrogen-bond donors (Lipinski definition) is 1. The van der Waals surface area contributed by atoms with Gasteiger partial charge in [0.2, 0.25) is 0 Å². The molecule has 0 atom stereocenters. The molecule has 0 aliphatic carbocycles. The van der Waals surface area contributed by atoms with E-state index in [2.05, 4.69) is 11.2 Å². The van der Waals surface area contributed by atoms with Gasteiger partial charge in [-0.2, -0.15) is 0 Å². The zero-order valence-electron chi connectivity index (χ0n) is 16.4. The minimum absolute atomic E-state index is 0.0178. The first kappa shape index (κ1) is 24.2. The van der Waals surface area contributed by atoms with E-state index in [0.717, 1.165) is 38.2 Å². The molecule has 0 saturated heterocycles. The summed E-state index contributed by atoms with van der Waals surface area (Å²) in [4.78, 5) is 23.9. The van der Waals surface area contributed by atoms with E-state index in [1.54, 1.807) is 24.3 Å². The fourth-order valence-corrected chi connectivity index (χ4v) is 2.64. The third-order valence-electron chi connectivity index (χ3n) is 4.04. The van der Waals surface area contributed by atoms with Crippen molar-refractivity contribution < 1.29 is 19.1 Å². The van der Waals surface area contributed by atoms with Crippen molar-refractivity contribution >= 4 is 23.3 Å². The Bertz CT molecular complexity index is 610. The zero-order chi connectivity index (χ0) is 20.5. The zero-order valence-corrected chi connectivity index (χ0v) is 17.1. The molecule has 0 aliphatic heterocycles. The van der Waals surface area contributed by atoms with Crippen molar-refractivity contribution in [1.29, 1.82) is 0 Å². The minimum atomic E-state index is -0.195. The number of unbranched alkanes of at least 4 members (excludes halogenated alkanes) is 3. The number of amides is 1. The Balaban J connectivity index is 2.07. The molecular formula is C22H30ClNO4. The fourth-order valence-electron chi connectivity index (χ4n) is 2.45. The number of carbonyl (C=O) groups is 2. The maximum atomic E-state index is 12.1. The lowest BCUT2D eigenvalue weighted by molar-refractivity contribution is 0.0468. The highest BCUT2D eigenvalue weighted by Gasteiger charge is 2.08. The van der Waals surface area contributed by atoms with Gasteiger partial charge in [-0.1, -0.05) is 25.0 Å². The molecule has 6 heteroatoms. The second-order valence-corrected chi connectivity index (χ2v) is 6.67. The van der Waals surface area contributed by atoms with Gasteiger partial charge in [0.1, 0.15) is 0 Å². The lowest BCUT2D eigenvalue weighted by Gasteiger charge is -2.08. The molecule has 0 fully saturated rings. The topological polar surface area (TPSA) is 64.6 Å². The molecule has 1 N–H and O–H groups in total. The third kappa shape index (κ3) is 11.1. The molecule has 28 heavy (non-hydrogen) atoms. The summed E-state index contributed by atoms with van der Waals surface area (Å²) in [5.41, 5.74) is 1.07. The second-order valence-electron chi connectivity index (χ2n) is 6.29. The Kier molecular flexibility index (Phi) is 13.9. The van der Waals surface area contributed by atoms with E-state index < -0.39 is 0 Å². The summed E-state index contributed by atoms with van der Waals surface area (Å²) in [5.74, 6) is 2.96. The fraction of sp³-hybridized carbons (Fsp3) is 0.545. The van der Waals surface area contributed by atoms with Crippen molar-refractivity contribution in [2.24, 2.45) is 0 Å². The van der Waals surface area contributed by atoms with Crippen LogP contribution in [0, 0.1) is 12.3 Å². The van der Waals surface area contributed by atoms with Gasteiger partial charge in [0, 0.05) is 43.0 Å². The molecule has 1 aromatic rings. The van der Waals surface area contributed by atoms with Crippen molar-refractivity contribution in [2.75, 3.05) is 38.9 Å². The quantitative estimate of drug-likeness (QED) is 0.196. The minimum Gasteiger partial charge on any atom is -0.379 e. The van der Waals surface area contributed by atoms with Crippen LogP contribution in [-0.2, 0) is 9.47 Å². The first-order valence-corrected chi connectivity index (χ1v) is 10.3. The molecule has 0 radical (unpaired) electrons. The van der Waals surface area contributed by atoms with E-state index >= 15 is 0 Å². The molecule has 1 amide bonds. The van der Waals surface area contributed by atoms with Gasteiger partial charge >= 0.3 is 0 Å². The number of carbonyl (C=O) groups excluding carboxylic acids is 2. The lowest BCUT2D eigenvalue weighted by atomic mass is 10.0. The largest absolute Gasteiger partial charge is 0.379 e. The molecule has 0 spiro atoms. The molecule has 1 rings (SSSR count). The predicted molar refractivity (Wildman–Crippen MR) is 112 cm³/mol. The maximum absolute atomic E-state index is 12.1. The number of hydrogen-bond acceptors (Lipinski definition) is 4. The number of halogens is 1. The van der Waals surface area contributed by atoms with Crippen molar-refractivity contribution in [3.8, 4) is 12.3 Å². The summed E-state index contributed by atoms with van der Waals surface area (Å²) in [6.45, 7) is 2.64. The highest BCUT2D eigenvalue weighted by Crippen LogP contribution is 2.08. The van der Waals surface area contributed by atoms with Crippen LogP contribution in [-0.4, -0.2) is 50.5 Å². The highest BCUT2D eigenvalue weighted by molar-refractivity contribution is 6.17. The summed E-state index contributed by atoms with van der Waals surface area (Å²) in [7, 11) is 0. The number of ether oxygens (including phenoxy) is 2. The number of benzene rings is 1. The van der Waals surface area contributed by atoms with Crippen LogP contribution in [0.1, 0.15) is 59.2 Å². The van der Waals surface area contributed by atoms with Crippen LogP contribution in [0.3, 0.4) is 0 Å². The molecule has 0 unspecified atom stereocenters. The van der Waals surface area contributed by atoms with E-state index in [9.17, 15) is 9.59 Å². The summed E-state index contributed by atoms with van der Waals surface area (Å²) in [6, 6.07) is 6.58. The average molecular weight is 408 g/mol. The van der Waals surface area contributed by atoms with E-state index in [1.165, 1.54) is 0 Å². The van der Waals surface area contributed by atoms with Crippen molar-refractivity contribution in [3.63, 3.8) is 0 Å². The van der Waals surface area contributed by atoms with E-state index in [-0.39, 0.29) is 11.7 Å². The van der Waals surface area contributed by atoms with Gasteiger partial charge in [-0.25, -0.2) is 0 Å². The van der Waals surface area contributed by atoms with Crippen LogP contribution in [0.4, 0.5) is 0 Å². The van der Waals surface area contributed by atoms with Gasteiger partial charge in [-0.3, -0.25) is 9.59 Å². The van der Waals surface area contributed by atoms with Crippen LogP contribution >= 0.6 is 11.6 Å². The van der Waals surface area contributed by atoms with Gasteiger partial charge in [0.15, 0.2) is 5.78 Å². The molecule has 154 valence electrons. The maximum Gasteiger partial charge on any atom is 0.251 e. The van der Waals surface area contributed by atoms with Crippen molar-refractivity contribution in [2.45, 2.75) is 38.5 Å². The second kappa shape index (κ2) is 16.1. The molecular weight excluding hydrogens is 378 g/mol. The van der Waals surface area contributed by atoms with Crippen LogP contribution in [0.25, 0.3) is 0 Å². The number of ketones is 1. The Labute approximate surface area is 173 Å². The van der Waals surface area contributed by atoms with Crippen LogP contribution in [0.5, 0.6) is 0 Å². The SMILES string of the molecule is C#CCCC(=O)c1ccc(C(=O)NCCOCCOCCCCCCCl)cc1. The number of terminal acetylenes is 1. The first-order valence-electron chi connectivity index (χ1n) is 9.75.